The summed E-state index contributed by atoms with van der Waals surface area (Å²) in [6.45, 7) is 9.07. The van der Waals surface area contributed by atoms with Crippen LogP contribution in [0.2, 0.25) is 0 Å². The molecule has 1 saturated carbocycles. The Morgan fingerprint density at radius 1 is 1.28 bits per heavy atom. The Kier molecular flexibility index (Phi) is 4.29. The first kappa shape index (κ1) is 17.8. The van der Waals surface area contributed by atoms with E-state index in [-0.39, 0.29) is 23.4 Å². The predicted octanol–water partition coefficient (Wildman–Crippen LogP) is 3.97. The summed E-state index contributed by atoms with van der Waals surface area (Å²) in [5, 5.41) is 2.88. The van der Waals surface area contributed by atoms with Gasteiger partial charge >= 0.3 is 0 Å². The normalized spacial score (nSPS) is 17.8. The first-order chi connectivity index (χ1) is 14.3. The van der Waals surface area contributed by atoms with Gasteiger partial charge in [0.2, 0.25) is 0 Å². The monoisotopic (exact) mass is 405 g/mol. The topological polar surface area (TPSA) is 57.0 Å². The van der Waals surface area contributed by atoms with Gasteiger partial charge in [-0.1, -0.05) is 6.07 Å². The minimum Gasteiger partial charge on any atom is -0.355 e. The molecule has 1 aliphatic heterocycles. The van der Waals surface area contributed by atoms with E-state index in [1.165, 1.54) is 11.9 Å². The highest BCUT2D eigenvalue weighted by Gasteiger charge is 2.59. The summed E-state index contributed by atoms with van der Waals surface area (Å²) in [6, 6.07) is 10.2. The Morgan fingerprint density at radius 2 is 2.00 bits per heavy atom. The molecular formula is C22H20N4O2S. The second-order valence-electron chi connectivity index (χ2n) is 7.27. The zero-order chi connectivity index (χ0) is 21.6. The number of thiocarbonyl (C=S) groups is 1. The van der Waals surface area contributed by atoms with Gasteiger partial charge in [-0.05, 0) is 80.3 Å². The molecule has 0 aromatic heterocycles. The number of benzene rings is 2. The van der Waals surface area contributed by atoms with Gasteiger partial charge in [-0.3, -0.25) is 14.5 Å². The molecule has 1 saturated heterocycles. The maximum atomic E-state index is 13.5. The Hall–Kier alpha value is -3.24. The first-order valence-electron chi connectivity index (χ1n) is 9.83. The molecule has 2 aromatic carbocycles. The molecule has 6 nitrogen and oxygen atoms in total. The predicted molar refractivity (Wildman–Crippen MR) is 116 cm³/mol. The van der Waals surface area contributed by atoms with Gasteiger partial charge in [0.15, 0.2) is 10.8 Å². The maximum Gasteiger partial charge on any atom is 0.259 e. The fourth-order valence-corrected chi connectivity index (χ4v) is 4.41. The number of anilines is 2. The fraction of sp³-hybridized carbons (Fsp3) is 0.273. The lowest BCUT2D eigenvalue weighted by atomic mass is 9.75. The van der Waals surface area contributed by atoms with Crippen LogP contribution in [0.3, 0.4) is 0 Å². The van der Waals surface area contributed by atoms with Crippen LogP contribution < -0.4 is 15.1 Å². The highest BCUT2D eigenvalue weighted by Crippen LogP contribution is 2.48. The number of nitrogens with zero attached hydrogens (tertiary/aromatic N) is 3. The lowest BCUT2D eigenvalue weighted by Gasteiger charge is -2.43. The van der Waals surface area contributed by atoms with Crippen LogP contribution in [0, 0.1) is 13.5 Å². The number of amides is 2. The van der Waals surface area contributed by atoms with Crippen molar-refractivity contribution >= 4 is 46.2 Å². The molecular weight excluding hydrogens is 384 g/mol. The van der Waals surface area contributed by atoms with Crippen LogP contribution in [0.5, 0.6) is 0 Å². The molecule has 7 heteroatoms. The highest BCUT2D eigenvalue weighted by molar-refractivity contribution is 7.81. The van der Waals surface area contributed by atoms with Crippen LogP contribution >= 0.6 is 12.2 Å². The minimum absolute atomic E-state index is 0.0762. The summed E-state index contributed by atoms with van der Waals surface area (Å²) in [5.41, 5.74) is 2.09. The molecule has 2 aromatic rings. The van der Waals surface area contributed by atoms with Gasteiger partial charge in [0, 0.05) is 24.0 Å². The highest BCUT2D eigenvalue weighted by atomic mass is 32.1. The number of rotatable bonds is 3. The van der Waals surface area contributed by atoms with Crippen LogP contribution in [0.1, 0.15) is 36.6 Å². The van der Waals surface area contributed by atoms with Crippen molar-refractivity contribution in [1.82, 2.24) is 5.32 Å². The Balaban J connectivity index is 1.78. The van der Waals surface area contributed by atoms with E-state index in [1.54, 1.807) is 36.4 Å². The van der Waals surface area contributed by atoms with Gasteiger partial charge in [0.05, 0.1) is 7.94 Å². The van der Waals surface area contributed by atoms with Crippen molar-refractivity contribution in [3.8, 4) is 0 Å². The van der Waals surface area contributed by atoms with Crippen molar-refractivity contribution < 1.29 is 11.0 Å². The molecule has 2 fully saturated rings. The molecule has 0 unspecified atom stereocenters. The summed E-state index contributed by atoms with van der Waals surface area (Å²) in [4.78, 5) is 32.3. The van der Waals surface area contributed by atoms with E-state index in [4.69, 9.17) is 20.2 Å². The van der Waals surface area contributed by atoms with Crippen molar-refractivity contribution in [2.24, 2.45) is 0 Å². The van der Waals surface area contributed by atoms with Gasteiger partial charge < -0.3 is 10.2 Å². The minimum atomic E-state index is -0.759. The molecule has 2 amide bonds. The molecule has 0 atom stereocenters. The number of hydrogen-bond donors (Lipinski definition) is 1. The number of hydrogen-bond acceptors (Lipinski definition) is 3. The Morgan fingerprint density at radius 3 is 2.55 bits per heavy atom. The average molecular weight is 406 g/mol. The third kappa shape index (κ3) is 2.79. The van der Waals surface area contributed by atoms with Gasteiger partial charge in [0.25, 0.3) is 11.8 Å². The molecule has 29 heavy (non-hydrogen) atoms. The molecule has 0 bridgehead atoms. The summed E-state index contributed by atoms with van der Waals surface area (Å²) in [6.07, 6.45) is 2.26. The smallest absolute Gasteiger partial charge is 0.259 e. The quantitative estimate of drug-likeness (QED) is 0.620. The number of carbonyl (C=O) groups excluding carboxylic acids is 2. The average Bonchev–Trinajstić information content (AvgIpc) is 2.94. The second kappa shape index (κ2) is 6.98. The Bertz CT molecular complexity index is 1140. The number of nitrogens with one attached hydrogen (secondary N) is 1. The van der Waals surface area contributed by atoms with Crippen molar-refractivity contribution in [1.29, 1.82) is 0 Å². The van der Waals surface area contributed by atoms with E-state index < -0.39 is 5.54 Å². The molecule has 4 rings (SSSR count). The summed E-state index contributed by atoms with van der Waals surface area (Å²) in [7, 11) is 1.52. The van der Waals surface area contributed by atoms with Gasteiger partial charge in [-0.2, -0.15) is 0 Å². The van der Waals surface area contributed by atoms with E-state index in [2.05, 4.69) is 10.2 Å². The SMILES string of the molecule is [2H]c1cc(N2C(=S)N(c3ccc([N+]#[C-])c(C)c3)C(=O)C23CCC3)ccc1C(=O)NC. The van der Waals surface area contributed by atoms with Crippen molar-refractivity contribution in [3.05, 3.63) is 65.0 Å². The lowest BCUT2D eigenvalue weighted by Crippen LogP contribution is -2.55. The summed E-state index contributed by atoms with van der Waals surface area (Å²) >= 11 is 5.74. The van der Waals surface area contributed by atoms with Crippen molar-refractivity contribution in [2.45, 2.75) is 31.7 Å². The van der Waals surface area contributed by atoms with Crippen LogP contribution in [-0.2, 0) is 4.79 Å². The lowest BCUT2D eigenvalue weighted by molar-refractivity contribution is -0.123. The fourth-order valence-electron chi connectivity index (χ4n) is 3.94. The van der Waals surface area contributed by atoms with Crippen LogP contribution in [-0.4, -0.2) is 29.5 Å². The standard InChI is InChI=1S/C22H20N4O2S/c1-14-13-17(9-10-18(14)23-2)25-20(28)22(11-4-12-22)26(21(25)29)16-7-5-15(6-8-16)19(27)24-3/h5-10,13H,4,11-12H2,1,3H3,(H,24,27)/i5D. The van der Waals surface area contributed by atoms with E-state index >= 15 is 0 Å². The molecule has 2 aliphatic rings. The van der Waals surface area contributed by atoms with E-state index in [1.807, 2.05) is 11.8 Å². The van der Waals surface area contributed by atoms with Gasteiger partial charge in [0.1, 0.15) is 5.54 Å². The number of carbonyl (C=O) groups is 2. The van der Waals surface area contributed by atoms with Crippen LogP contribution in [0.4, 0.5) is 17.1 Å². The maximum absolute atomic E-state index is 13.5. The Labute approximate surface area is 176 Å². The molecule has 1 spiro atoms. The largest absolute Gasteiger partial charge is 0.355 e. The third-order valence-corrected chi connectivity index (χ3v) is 6.04. The zero-order valence-corrected chi connectivity index (χ0v) is 17.0. The zero-order valence-electron chi connectivity index (χ0n) is 17.2. The molecule has 1 aliphatic carbocycles. The summed E-state index contributed by atoms with van der Waals surface area (Å²) < 4.78 is 8.26. The van der Waals surface area contributed by atoms with Gasteiger partial charge in [-0.15, -0.1) is 0 Å². The van der Waals surface area contributed by atoms with Crippen LogP contribution in [0.15, 0.2) is 42.4 Å². The van der Waals surface area contributed by atoms with E-state index in [0.29, 0.717) is 35.0 Å². The second-order valence-corrected chi connectivity index (χ2v) is 7.63. The van der Waals surface area contributed by atoms with E-state index in [9.17, 15) is 9.59 Å². The van der Waals surface area contributed by atoms with Crippen molar-refractivity contribution in [2.75, 3.05) is 16.8 Å². The van der Waals surface area contributed by atoms with E-state index in [0.717, 1.165) is 12.0 Å². The molecule has 1 heterocycles. The third-order valence-electron chi connectivity index (χ3n) is 5.68. The molecule has 1 N–H and O–H groups in total. The van der Waals surface area contributed by atoms with Crippen LogP contribution in [0.25, 0.3) is 4.85 Å². The first-order valence-corrected chi connectivity index (χ1v) is 9.74. The molecule has 146 valence electrons. The number of aryl methyl sites for hydroxylation is 1. The molecule has 0 radical (unpaired) electrons. The van der Waals surface area contributed by atoms with Crippen molar-refractivity contribution in [3.63, 3.8) is 0 Å². The summed E-state index contributed by atoms with van der Waals surface area (Å²) in [5.74, 6) is -0.419. The van der Waals surface area contributed by atoms with Gasteiger partial charge in [-0.25, -0.2) is 4.85 Å².